The van der Waals surface area contributed by atoms with Gasteiger partial charge in [0.1, 0.15) is 5.82 Å². The van der Waals surface area contributed by atoms with Crippen molar-refractivity contribution >= 4 is 12.2 Å². The van der Waals surface area contributed by atoms with Crippen LogP contribution in [-0.2, 0) is 0 Å². The molecule has 27 heavy (non-hydrogen) atoms. The van der Waals surface area contributed by atoms with Gasteiger partial charge in [-0.15, -0.1) is 10.2 Å². The van der Waals surface area contributed by atoms with E-state index in [2.05, 4.69) is 39.2 Å². The summed E-state index contributed by atoms with van der Waals surface area (Å²) in [6, 6.07) is 12.4. The van der Waals surface area contributed by atoms with Gasteiger partial charge in [0.2, 0.25) is 0 Å². The Kier molecular flexibility index (Phi) is 4.38. The first-order chi connectivity index (χ1) is 13.1. The molecule has 0 aliphatic heterocycles. The quantitative estimate of drug-likeness (QED) is 0.580. The van der Waals surface area contributed by atoms with Gasteiger partial charge in [-0.05, 0) is 67.4 Å². The van der Waals surface area contributed by atoms with E-state index in [-0.39, 0.29) is 5.82 Å². The lowest BCUT2D eigenvalue weighted by Gasteiger charge is -2.07. The molecule has 2 aromatic carbocycles. The first-order valence-electron chi connectivity index (χ1n) is 8.57. The number of aryl methyl sites for hydroxylation is 2. The number of hydrogen-bond acceptors (Lipinski definition) is 3. The molecule has 2 aromatic heterocycles. The lowest BCUT2D eigenvalue weighted by atomic mass is 10.1. The van der Waals surface area contributed by atoms with Crippen LogP contribution in [0, 0.1) is 19.7 Å². The van der Waals surface area contributed by atoms with Crippen LogP contribution in [0.15, 0.2) is 55.0 Å². The molecule has 0 amide bonds. The molecule has 0 unspecified atom stereocenters. The van der Waals surface area contributed by atoms with Crippen LogP contribution < -0.4 is 0 Å². The minimum Gasteiger partial charge on any atom is -0.321 e. The van der Waals surface area contributed by atoms with Crippen LogP contribution in [0.5, 0.6) is 0 Å². The van der Waals surface area contributed by atoms with Gasteiger partial charge in [0, 0.05) is 17.4 Å². The van der Waals surface area contributed by atoms with Crippen LogP contribution in [0.2, 0.25) is 0 Å². The van der Waals surface area contributed by atoms with E-state index >= 15 is 0 Å². The Morgan fingerprint density at radius 2 is 1.81 bits per heavy atom. The van der Waals surface area contributed by atoms with Crippen molar-refractivity contribution < 1.29 is 4.39 Å². The van der Waals surface area contributed by atoms with E-state index < -0.39 is 0 Å². The second-order valence-electron chi connectivity index (χ2n) is 6.37. The Labute approximate surface area is 156 Å². The Bertz CT molecular complexity index is 1110. The summed E-state index contributed by atoms with van der Waals surface area (Å²) in [5.41, 5.74) is 5.10. The molecule has 0 radical (unpaired) electrons. The molecule has 6 heteroatoms. The summed E-state index contributed by atoms with van der Waals surface area (Å²) < 4.78 is 15.0. The number of benzene rings is 2. The van der Waals surface area contributed by atoms with Crippen molar-refractivity contribution in [1.82, 2.24) is 24.7 Å². The molecule has 2 heterocycles. The molecule has 0 spiro atoms. The maximum atomic E-state index is 13.0. The zero-order chi connectivity index (χ0) is 18.8. The molecular weight excluding hydrogens is 341 g/mol. The SMILES string of the molecule is Cc1cn(-c2ccc(/C=C/c3nnc(-c4ccc(F)cc4)[nH]3)cc2C)cn1. The highest BCUT2D eigenvalue weighted by molar-refractivity contribution is 5.69. The molecule has 1 N–H and O–H groups in total. The first-order valence-corrected chi connectivity index (χ1v) is 8.57. The highest BCUT2D eigenvalue weighted by atomic mass is 19.1. The maximum Gasteiger partial charge on any atom is 0.161 e. The molecule has 0 aliphatic carbocycles. The summed E-state index contributed by atoms with van der Waals surface area (Å²) in [7, 11) is 0. The number of aromatic nitrogens is 5. The molecule has 0 aliphatic rings. The number of rotatable bonds is 4. The standard InChI is InChI=1S/C21H18FN5/c1-14-11-16(3-9-19(14)27-12-15(2)23-13-27)4-10-20-24-21(26-25-20)17-5-7-18(22)8-6-17/h3-13H,1-2H3,(H,24,25,26)/b10-4+. The number of hydrogen-bond donors (Lipinski definition) is 1. The number of H-pyrrole nitrogens is 1. The van der Waals surface area contributed by atoms with Crippen LogP contribution in [-0.4, -0.2) is 24.7 Å². The lowest BCUT2D eigenvalue weighted by molar-refractivity contribution is 0.628. The van der Waals surface area contributed by atoms with E-state index in [1.54, 1.807) is 12.1 Å². The average molecular weight is 359 g/mol. The zero-order valence-corrected chi connectivity index (χ0v) is 15.0. The van der Waals surface area contributed by atoms with E-state index in [0.29, 0.717) is 11.6 Å². The zero-order valence-electron chi connectivity index (χ0n) is 15.0. The van der Waals surface area contributed by atoms with Crippen molar-refractivity contribution in [1.29, 1.82) is 0 Å². The molecule has 4 rings (SSSR count). The Morgan fingerprint density at radius 1 is 1.00 bits per heavy atom. The minimum atomic E-state index is -0.275. The van der Waals surface area contributed by atoms with Crippen LogP contribution in [0.4, 0.5) is 4.39 Å². The van der Waals surface area contributed by atoms with Crippen LogP contribution in [0.3, 0.4) is 0 Å². The van der Waals surface area contributed by atoms with E-state index in [1.165, 1.54) is 12.1 Å². The first kappa shape index (κ1) is 16.9. The van der Waals surface area contributed by atoms with Gasteiger partial charge in [-0.2, -0.15) is 0 Å². The number of nitrogens with zero attached hydrogens (tertiary/aromatic N) is 4. The van der Waals surface area contributed by atoms with Crippen molar-refractivity contribution in [2.45, 2.75) is 13.8 Å². The molecule has 5 nitrogen and oxygen atoms in total. The second-order valence-corrected chi connectivity index (χ2v) is 6.37. The van der Waals surface area contributed by atoms with Crippen LogP contribution in [0.1, 0.15) is 22.6 Å². The summed E-state index contributed by atoms with van der Waals surface area (Å²) in [5.74, 6) is 0.973. The highest BCUT2D eigenvalue weighted by Crippen LogP contribution is 2.19. The van der Waals surface area contributed by atoms with E-state index in [9.17, 15) is 4.39 Å². The van der Waals surface area contributed by atoms with Crippen molar-refractivity contribution in [3.63, 3.8) is 0 Å². The molecular formula is C21H18FN5. The fourth-order valence-electron chi connectivity index (χ4n) is 2.89. The molecule has 0 atom stereocenters. The third-order valence-corrected chi connectivity index (χ3v) is 4.27. The van der Waals surface area contributed by atoms with Crippen molar-refractivity contribution in [2.24, 2.45) is 0 Å². The third-order valence-electron chi connectivity index (χ3n) is 4.27. The predicted molar refractivity (Wildman–Crippen MR) is 104 cm³/mol. The molecule has 0 saturated heterocycles. The van der Waals surface area contributed by atoms with Gasteiger partial charge in [-0.1, -0.05) is 12.1 Å². The van der Waals surface area contributed by atoms with Gasteiger partial charge in [0.25, 0.3) is 0 Å². The van der Waals surface area contributed by atoms with Crippen molar-refractivity contribution in [2.75, 3.05) is 0 Å². The summed E-state index contributed by atoms with van der Waals surface area (Å²) in [4.78, 5) is 7.40. The number of imidazole rings is 1. The van der Waals surface area contributed by atoms with E-state index in [0.717, 1.165) is 28.1 Å². The molecule has 0 bridgehead atoms. The van der Waals surface area contributed by atoms with Gasteiger partial charge in [0.15, 0.2) is 11.6 Å². The second kappa shape index (κ2) is 6.99. The summed E-state index contributed by atoms with van der Waals surface area (Å²) in [6.45, 7) is 4.05. The topological polar surface area (TPSA) is 59.4 Å². The smallest absolute Gasteiger partial charge is 0.161 e. The molecule has 0 fully saturated rings. The normalized spacial score (nSPS) is 11.4. The van der Waals surface area contributed by atoms with E-state index in [1.807, 2.05) is 42.2 Å². The number of halogens is 1. The fourth-order valence-corrected chi connectivity index (χ4v) is 2.89. The maximum absolute atomic E-state index is 13.0. The Balaban J connectivity index is 1.53. The molecule has 4 aromatic rings. The predicted octanol–water partition coefficient (Wildman–Crippen LogP) is 4.58. The van der Waals surface area contributed by atoms with Crippen LogP contribution in [0.25, 0.3) is 29.2 Å². The summed E-state index contributed by atoms with van der Waals surface area (Å²) in [5, 5.41) is 8.23. The van der Waals surface area contributed by atoms with Gasteiger partial charge >= 0.3 is 0 Å². The third kappa shape index (κ3) is 3.69. The summed E-state index contributed by atoms with van der Waals surface area (Å²) >= 11 is 0. The number of nitrogens with one attached hydrogen (secondary N) is 1. The Morgan fingerprint density at radius 3 is 2.52 bits per heavy atom. The molecule has 134 valence electrons. The fraction of sp³-hybridized carbons (Fsp3) is 0.0952. The van der Waals surface area contributed by atoms with Crippen LogP contribution >= 0.6 is 0 Å². The lowest BCUT2D eigenvalue weighted by Crippen LogP contribution is -1.94. The van der Waals surface area contributed by atoms with Crippen molar-refractivity contribution in [3.05, 3.63) is 83.5 Å². The van der Waals surface area contributed by atoms with Gasteiger partial charge in [-0.25, -0.2) is 9.37 Å². The van der Waals surface area contributed by atoms with Gasteiger partial charge < -0.3 is 9.55 Å². The highest BCUT2D eigenvalue weighted by Gasteiger charge is 2.05. The Hall–Kier alpha value is -3.54. The van der Waals surface area contributed by atoms with Gasteiger partial charge in [0.05, 0.1) is 12.0 Å². The van der Waals surface area contributed by atoms with E-state index in [4.69, 9.17) is 0 Å². The minimum absolute atomic E-state index is 0.275. The van der Waals surface area contributed by atoms with Crippen molar-refractivity contribution in [3.8, 4) is 17.1 Å². The monoisotopic (exact) mass is 359 g/mol. The molecule has 0 saturated carbocycles. The largest absolute Gasteiger partial charge is 0.321 e. The average Bonchev–Trinajstić information content (AvgIpc) is 3.30. The summed E-state index contributed by atoms with van der Waals surface area (Å²) in [6.07, 6.45) is 7.67. The van der Waals surface area contributed by atoms with Gasteiger partial charge in [-0.3, -0.25) is 0 Å². The number of aromatic amines is 1.